The highest BCUT2D eigenvalue weighted by atomic mass is 32.2. The summed E-state index contributed by atoms with van der Waals surface area (Å²) in [6, 6.07) is 18.2. The van der Waals surface area contributed by atoms with Crippen molar-refractivity contribution in [1.29, 1.82) is 0 Å². The molecular formula is C18H22N2O3S. The number of anilines is 1. The SMILES string of the molecule is CC(NC(=O)CCS(=O)(=O)N(C)c1ccccc1)c1ccccc1. The first-order valence-electron chi connectivity index (χ1n) is 7.76. The van der Waals surface area contributed by atoms with E-state index in [9.17, 15) is 13.2 Å². The summed E-state index contributed by atoms with van der Waals surface area (Å²) in [6.45, 7) is 1.87. The lowest BCUT2D eigenvalue weighted by Crippen LogP contribution is -2.33. The van der Waals surface area contributed by atoms with Crippen LogP contribution in [0.15, 0.2) is 60.7 Å². The fourth-order valence-corrected chi connectivity index (χ4v) is 3.46. The van der Waals surface area contributed by atoms with Crippen molar-refractivity contribution in [1.82, 2.24) is 5.32 Å². The van der Waals surface area contributed by atoms with Gasteiger partial charge in [0.05, 0.1) is 17.5 Å². The summed E-state index contributed by atoms with van der Waals surface area (Å²) in [5.41, 5.74) is 1.56. The van der Waals surface area contributed by atoms with Gasteiger partial charge in [0.2, 0.25) is 15.9 Å². The summed E-state index contributed by atoms with van der Waals surface area (Å²) in [4.78, 5) is 12.0. The van der Waals surface area contributed by atoms with E-state index in [0.717, 1.165) is 5.56 Å². The second-order valence-electron chi connectivity index (χ2n) is 5.57. The van der Waals surface area contributed by atoms with E-state index in [1.54, 1.807) is 24.3 Å². The summed E-state index contributed by atoms with van der Waals surface area (Å²) in [5.74, 6) is -0.512. The predicted octanol–water partition coefficient (Wildman–Crippen LogP) is 2.72. The first kappa shape index (κ1) is 18.0. The van der Waals surface area contributed by atoms with E-state index in [4.69, 9.17) is 0 Å². The number of rotatable bonds is 7. The van der Waals surface area contributed by atoms with Crippen LogP contribution in [0.3, 0.4) is 0 Å². The molecular weight excluding hydrogens is 324 g/mol. The molecule has 0 heterocycles. The van der Waals surface area contributed by atoms with Crippen molar-refractivity contribution in [3.05, 3.63) is 66.2 Å². The monoisotopic (exact) mass is 346 g/mol. The van der Waals surface area contributed by atoms with Gasteiger partial charge in [-0.25, -0.2) is 8.42 Å². The molecule has 0 saturated carbocycles. The number of nitrogens with zero attached hydrogens (tertiary/aromatic N) is 1. The first-order valence-corrected chi connectivity index (χ1v) is 9.37. The smallest absolute Gasteiger partial charge is 0.235 e. The Morgan fingerprint density at radius 3 is 2.17 bits per heavy atom. The quantitative estimate of drug-likeness (QED) is 0.838. The average molecular weight is 346 g/mol. The molecule has 24 heavy (non-hydrogen) atoms. The summed E-state index contributed by atoms with van der Waals surface area (Å²) >= 11 is 0. The lowest BCUT2D eigenvalue weighted by molar-refractivity contribution is -0.121. The van der Waals surface area contributed by atoms with Crippen LogP contribution in [-0.2, 0) is 14.8 Å². The number of carbonyl (C=O) groups excluding carboxylic acids is 1. The number of amides is 1. The third-order valence-electron chi connectivity index (χ3n) is 3.80. The van der Waals surface area contributed by atoms with Gasteiger partial charge >= 0.3 is 0 Å². The Morgan fingerprint density at radius 2 is 1.58 bits per heavy atom. The molecule has 1 unspecified atom stereocenters. The number of hydrogen-bond acceptors (Lipinski definition) is 3. The maximum atomic E-state index is 12.3. The minimum atomic E-state index is -3.54. The Morgan fingerprint density at radius 1 is 1.04 bits per heavy atom. The maximum absolute atomic E-state index is 12.3. The molecule has 6 heteroatoms. The number of carbonyl (C=O) groups is 1. The lowest BCUT2D eigenvalue weighted by atomic mass is 10.1. The van der Waals surface area contributed by atoms with Crippen LogP contribution in [0.1, 0.15) is 24.9 Å². The van der Waals surface area contributed by atoms with Gasteiger partial charge in [-0.05, 0) is 24.6 Å². The van der Waals surface area contributed by atoms with Crippen molar-refractivity contribution >= 4 is 21.6 Å². The normalized spacial score (nSPS) is 12.4. The summed E-state index contributed by atoms with van der Waals surface area (Å²) in [6.07, 6.45) is -0.0727. The van der Waals surface area contributed by atoms with E-state index >= 15 is 0 Å². The van der Waals surface area contributed by atoms with Gasteiger partial charge in [0, 0.05) is 13.5 Å². The molecule has 0 aliphatic carbocycles. The minimum Gasteiger partial charge on any atom is -0.350 e. The Bertz CT molecular complexity index is 761. The van der Waals surface area contributed by atoms with Gasteiger partial charge in [-0.2, -0.15) is 0 Å². The molecule has 2 rings (SSSR count). The molecule has 5 nitrogen and oxygen atoms in total. The van der Waals surface area contributed by atoms with Crippen LogP contribution < -0.4 is 9.62 Å². The van der Waals surface area contributed by atoms with Crippen LogP contribution in [0.2, 0.25) is 0 Å². The van der Waals surface area contributed by atoms with E-state index in [1.807, 2.05) is 43.3 Å². The van der Waals surface area contributed by atoms with Gasteiger partial charge in [0.1, 0.15) is 0 Å². The van der Waals surface area contributed by atoms with Crippen molar-refractivity contribution in [2.75, 3.05) is 17.1 Å². The van der Waals surface area contributed by atoms with Crippen LogP contribution in [0.4, 0.5) is 5.69 Å². The molecule has 0 fully saturated rings. The Hall–Kier alpha value is -2.34. The third-order valence-corrected chi connectivity index (χ3v) is 5.57. The molecule has 1 atom stereocenters. The third kappa shape index (κ3) is 4.83. The summed E-state index contributed by atoms with van der Waals surface area (Å²) in [5, 5.41) is 2.83. The second-order valence-corrected chi connectivity index (χ2v) is 7.69. The molecule has 0 saturated heterocycles. The first-order chi connectivity index (χ1) is 11.4. The van der Waals surface area contributed by atoms with Crippen molar-refractivity contribution < 1.29 is 13.2 Å². The summed E-state index contributed by atoms with van der Waals surface area (Å²) < 4.78 is 25.9. The van der Waals surface area contributed by atoms with Crippen LogP contribution in [0.5, 0.6) is 0 Å². The fourth-order valence-electron chi connectivity index (χ4n) is 2.30. The molecule has 128 valence electrons. The highest BCUT2D eigenvalue weighted by Gasteiger charge is 2.20. The van der Waals surface area contributed by atoms with Crippen molar-refractivity contribution in [3.8, 4) is 0 Å². The van der Waals surface area contributed by atoms with E-state index in [1.165, 1.54) is 11.4 Å². The molecule has 1 amide bonds. The van der Waals surface area contributed by atoms with E-state index in [2.05, 4.69) is 5.32 Å². The Labute approximate surface area is 143 Å². The maximum Gasteiger partial charge on any atom is 0.235 e. The predicted molar refractivity (Wildman–Crippen MR) is 96.2 cm³/mol. The van der Waals surface area contributed by atoms with Gasteiger partial charge in [-0.1, -0.05) is 48.5 Å². The van der Waals surface area contributed by atoms with Crippen molar-refractivity contribution in [2.45, 2.75) is 19.4 Å². The number of sulfonamides is 1. The Kier molecular flexibility index (Phi) is 5.98. The van der Waals surface area contributed by atoms with E-state index in [-0.39, 0.29) is 24.1 Å². The van der Waals surface area contributed by atoms with Gasteiger partial charge in [-0.15, -0.1) is 0 Å². The molecule has 0 spiro atoms. The molecule has 0 bridgehead atoms. The van der Waals surface area contributed by atoms with Gasteiger partial charge < -0.3 is 5.32 Å². The van der Waals surface area contributed by atoms with Crippen LogP contribution in [0.25, 0.3) is 0 Å². The number of nitrogens with one attached hydrogen (secondary N) is 1. The van der Waals surface area contributed by atoms with Crippen molar-refractivity contribution in [2.24, 2.45) is 0 Å². The van der Waals surface area contributed by atoms with Crippen LogP contribution in [0, 0.1) is 0 Å². The van der Waals surface area contributed by atoms with E-state index in [0.29, 0.717) is 5.69 Å². The molecule has 2 aromatic carbocycles. The summed E-state index contributed by atoms with van der Waals surface area (Å²) in [7, 11) is -2.04. The highest BCUT2D eigenvalue weighted by Crippen LogP contribution is 2.16. The zero-order chi connectivity index (χ0) is 17.6. The Balaban J connectivity index is 1.91. The van der Waals surface area contributed by atoms with Gasteiger partial charge in [0.25, 0.3) is 0 Å². The highest BCUT2D eigenvalue weighted by molar-refractivity contribution is 7.92. The lowest BCUT2D eigenvalue weighted by Gasteiger charge is -2.20. The van der Waals surface area contributed by atoms with Crippen LogP contribution >= 0.6 is 0 Å². The zero-order valence-corrected chi connectivity index (χ0v) is 14.7. The molecule has 1 N–H and O–H groups in total. The topological polar surface area (TPSA) is 66.5 Å². The number of para-hydroxylation sites is 1. The number of benzene rings is 2. The average Bonchev–Trinajstić information content (AvgIpc) is 2.61. The molecule has 2 aromatic rings. The zero-order valence-electron chi connectivity index (χ0n) is 13.8. The number of hydrogen-bond donors (Lipinski definition) is 1. The minimum absolute atomic E-state index is 0.0727. The van der Waals surface area contributed by atoms with Gasteiger partial charge in [0.15, 0.2) is 0 Å². The molecule has 0 aliphatic heterocycles. The second kappa shape index (κ2) is 7.97. The fraction of sp³-hybridized carbons (Fsp3) is 0.278. The largest absolute Gasteiger partial charge is 0.350 e. The van der Waals surface area contributed by atoms with E-state index < -0.39 is 10.0 Å². The van der Waals surface area contributed by atoms with Crippen LogP contribution in [-0.4, -0.2) is 27.1 Å². The van der Waals surface area contributed by atoms with Crippen molar-refractivity contribution in [3.63, 3.8) is 0 Å². The van der Waals surface area contributed by atoms with Gasteiger partial charge in [-0.3, -0.25) is 9.10 Å². The standard InChI is InChI=1S/C18H22N2O3S/c1-15(16-9-5-3-6-10-16)19-18(21)13-14-24(22,23)20(2)17-11-7-4-8-12-17/h3-12,15H,13-14H2,1-2H3,(H,19,21). The molecule has 0 aromatic heterocycles. The molecule has 0 radical (unpaired) electrons. The molecule has 0 aliphatic rings.